The molecule has 3 aromatic rings. The zero-order valence-corrected chi connectivity index (χ0v) is 17.7. The van der Waals surface area contributed by atoms with Gasteiger partial charge in [0, 0.05) is 11.9 Å². The van der Waals surface area contributed by atoms with Gasteiger partial charge in [-0.2, -0.15) is 0 Å². The van der Waals surface area contributed by atoms with Gasteiger partial charge in [-0.3, -0.25) is 4.79 Å². The second kappa shape index (κ2) is 7.91. The average Bonchev–Trinajstić information content (AvgIpc) is 2.92. The van der Waals surface area contributed by atoms with Crippen molar-refractivity contribution in [2.45, 2.75) is 40.3 Å². The monoisotopic (exact) mass is 412 g/mol. The number of carboxylic acids is 1. The second-order valence-electron chi connectivity index (χ2n) is 8.45. The van der Waals surface area contributed by atoms with Crippen LogP contribution in [-0.4, -0.2) is 21.6 Å². The first kappa shape index (κ1) is 20.9. The molecule has 6 heteroatoms. The summed E-state index contributed by atoms with van der Waals surface area (Å²) in [5, 5.41) is 13.3. The lowest BCUT2D eigenvalue weighted by Crippen LogP contribution is -2.30. The largest absolute Gasteiger partial charge is 0.478 e. The molecule has 0 aliphatic carbocycles. The van der Waals surface area contributed by atoms with E-state index in [2.05, 4.69) is 26.1 Å². The van der Waals surface area contributed by atoms with Gasteiger partial charge in [0.15, 0.2) is 0 Å². The van der Waals surface area contributed by atoms with Crippen molar-refractivity contribution >= 4 is 34.4 Å². The van der Waals surface area contributed by atoms with Crippen LogP contribution in [0.3, 0.4) is 0 Å². The van der Waals surface area contributed by atoms with Crippen LogP contribution in [-0.2, 0) is 6.54 Å². The lowest BCUT2D eigenvalue weighted by Gasteiger charge is -2.22. The third kappa shape index (κ3) is 4.46. The van der Waals surface area contributed by atoms with Crippen LogP contribution < -0.4 is 5.32 Å². The van der Waals surface area contributed by atoms with Gasteiger partial charge in [-0.25, -0.2) is 4.79 Å². The van der Waals surface area contributed by atoms with E-state index in [9.17, 15) is 9.59 Å². The van der Waals surface area contributed by atoms with E-state index in [1.54, 1.807) is 12.1 Å². The molecule has 1 unspecified atom stereocenters. The number of rotatable bonds is 5. The normalized spacial score (nSPS) is 12.7. The van der Waals surface area contributed by atoms with E-state index in [4.69, 9.17) is 16.7 Å². The Hall–Kier alpha value is -2.79. The minimum Gasteiger partial charge on any atom is -0.478 e. The molecule has 152 valence electrons. The van der Waals surface area contributed by atoms with Crippen molar-refractivity contribution < 1.29 is 14.7 Å². The van der Waals surface area contributed by atoms with Gasteiger partial charge in [-0.1, -0.05) is 62.7 Å². The summed E-state index contributed by atoms with van der Waals surface area (Å²) in [6, 6.07) is 13.9. The minimum atomic E-state index is -0.980. The van der Waals surface area contributed by atoms with Crippen LogP contribution in [0, 0.1) is 5.41 Å². The summed E-state index contributed by atoms with van der Waals surface area (Å²) in [6.07, 6.45) is 0. The van der Waals surface area contributed by atoms with Gasteiger partial charge in [-0.15, -0.1) is 0 Å². The number of para-hydroxylation sites is 1. The highest BCUT2D eigenvalue weighted by atomic mass is 35.5. The highest BCUT2D eigenvalue weighted by Crippen LogP contribution is 2.33. The van der Waals surface area contributed by atoms with E-state index in [1.165, 1.54) is 12.1 Å². The van der Waals surface area contributed by atoms with Crippen LogP contribution >= 0.6 is 11.6 Å². The molecule has 0 spiro atoms. The highest BCUT2D eigenvalue weighted by Gasteiger charge is 2.25. The van der Waals surface area contributed by atoms with E-state index in [0.717, 1.165) is 16.5 Å². The lowest BCUT2D eigenvalue weighted by atomic mass is 9.96. The van der Waals surface area contributed by atoms with Gasteiger partial charge < -0.3 is 15.0 Å². The third-order valence-electron chi connectivity index (χ3n) is 4.76. The highest BCUT2D eigenvalue weighted by molar-refractivity contribution is 6.38. The fraction of sp³-hybridized carbons (Fsp3) is 0.304. The number of hydrogen-bond acceptors (Lipinski definition) is 2. The molecule has 0 aliphatic heterocycles. The number of halogens is 1. The van der Waals surface area contributed by atoms with Crippen molar-refractivity contribution in [3.8, 4) is 0 Å². The first-order chi connectivity index (χ1) is 13.6. The fourth-order valence-electron chi connectivity index (χ4n) is 3.38. The summed E-state index contributed by atoms with van der Waals surface area (Å²) in [5.41, 5.74) is 2.35. The van der Waals surface area contributed by atoms with E-state index in [1.807, 2.05) is 35.8 Å². The van der Waals surface area contributed by atoms with Crippen molar-refractivity contribution in [2.75, 3.05) is 0 Å². The number of benzene rings is 2. The third-order valence-corrected chi connectivity index (χ3v) is 5.14. The molecule has 1 aromatic heterocycles. The summed E-state index contributed by atoms with van der Waals surface area (Å²) in [6.45, 7) is 8.85. The topological polar surface area (TPSA) is 71.3 Å². The maximum atomic E-state index is 13.2. The average molecular weight is 413 g/mol. The zero-order valence-electron chi connectivity index (χ0n) is 17.0. The van der Waals surface area contributed by atoms with Gasteiger partial charge in [0.25, 0.3) is 5.91 Å². The summed E-state index contributed by atoms with van der Waals surface area (Å²) >= 11 is 6.62. The van der Waals surface area contributed by atoms with Crippen LogP contribution in [0.15, 0.2) is 48.5 Å². The number of aromatic nitrogens is 1. The number of carboxylic acid groups (broad SMARTS) is 1. The number of nitrogens with one attached hydrogen (secondary N) is 1. The van der Waals surface area contributed by atoms with E-state index in [-0.39, 0.29) is 22.9 Å². The maximum absolute atomic E-state index is 13.2. The SMILES string of the molecule is CC(NC(=O)c1c(Cl)c2ccccc2n1CC(C)(C)C)c1ccc(C(=O)O)cc1. The second-order valence-corrected chi connectivity index (χ2v) is 8.83. The molecule has 0 bridgehead atoms. The Morgan fingerprint density at radius 1 is 1.10 bits per heavy atom. The predicted molar refractivity (Wildman–Crippen MR) is 116 cm³/mol. The van der Waals surface area contributed by atoms with Gasteiger partial charge >= 0.3 is 5.97 Å². The molecule has 0 aliphatic rings. The number of fused-ring (bicyclic) bond motifs is 1. The number of nitrogens with zero attached hydrogens (tertiary/aromatic N) is 1. The maximum Gasteiger partial charge on any atom is 0.335 e. The van der Waals surface area contributed by atoms with Crippen LogP contribution in [0.4, 0.5) is 0 Å². The fourth-order valence-corrected chi connectivity index (χ4v) is 3.73. The molecule has 2 aromatic carbocycles. The summed E-state index contributed by atoms with van der Waals surface area (Å²) < 4.78 is 1.98. The Balaban J connectivity index is 1.95. The molecule has 1 atom stereocenters. The van der Waals surface area contributed by atoms with Gasteiger partial charge in [-0.05, 0) is 36.1 Å². The zero-order chi connectivity index (χ0) is 21.3. The van der Waals surface area contributed by atoms with Crippen LogP contribution in [0.25, 0.3) is 10.9 Å². The van der Waals surface area contributed by atoms with Crippen molar-refractivity contribution in [2.24, 2.45) is 5.41 Å². The number of aromatic carboxylic acids is 1. The minimum absolute atomic E-state index is 0.0432. The Bertz CT molecular complexity index is 1060. The molecule has 3 rings (SSSR count). The Labute approximate surface area is 175 Å². The Kier molecular flexibility index (Phi) is 5.71. The quantitative estimate of drug-likeness (QED) is 0.578. The lowest BCUT2D eigenvalue weighted by molar-refractivity contribution is 0.0696. The van der Waals surface area contributed by atoms with E-state index < -0.39 is 5.97 Å². The van der Waals surface area contributed by atoms with E-state index >= 15 is 0 Å². The van der Waals surface area contributed by atoms with Gasteiger partial charge in [0.05, 0.1) is 22.1 Å². The van der Waals surface area contributed by atoms with Gasteiger partial charge in [0.1, 0.15) is 5.69 Å². The first-order valence-corrected chi connectivity index (χ1v) is 9.87. The first-order valence-electron chi connectivity index (χ1n) is 9.49. The summed E-state index contributed by atoms with van der Waals surface area (Å²) in [7, 11) is 0. The number of hydrogen-bond donors (Lipinski definition) is 2. The van der Waals surface area contributed by atoms with Crippen molar-refractivity contribution in [3.05, 3.63) is 70.4 Å². The standard InChI is InChI=1S/C23H25ClN2O3/c1-14(15-9-11-16(12-10-15)22(28)29)25-21(27)20-19(24)17-7-5-6-8-18(17)26(20)13-23(2,3)4/h5-12,14H,13H2,1-4H3,(H,25,27)(H,28,29). The number of carbonyl (C=O) groups is 2. The number of amides is 1. The molecule has 0 fully saturated rings. The van der Waals surface area contributed by atoms with Crippen molar-refractivity contribution in [1.82, 2.24) is 9.88 Å². The van der Waals surface area contributed by atoms with Crippen molar-refractivity contribution in [1.29, 1.82) is 0 Å². The molecule has 0 saturated heterocycles. The molecule has 5 nitrogen and oxygen atoms in total. The molecule has 0 saturated carbocycles. The summed E-state index contributed by atoms with van der Waals surface area (Å²) in [4.78, 5) is 24.2. The van der Waals surface area contributed by atoms with Gasteiger partial charge in [0.2, 0.25) is 0 Å². The molecule has 1 amide bonds. The molecule has 2 N–H and O–H groups in total. The van der Waals surface area contributed by atoms with Crippen molar-refractivity contribution in [3.63, 3.8) is 0 Å². The molecule has 1 heterocycles. The predicted octanol–water partition coefficient (Wildman–Crippen LogP) is 5.53. The molecule has 0 radical (unpaired) electrons. The molecular weight excluding hydrogens is 388 g/mol. The van der Waals surface area contributed by atoms with Crippen LogP contribution in [0.1, 0.15) is 60.1 Å². The van der Waals surface area contributed by atoms with Crippen LogP contribution in [0.2, 0.25) is 5.02 Å². The molecular formula is C23H25ClN2O3. The summed E-state index contributed by atoms with van der Waals surface area (Å²) in [5.74, 6) is -1.24. The Morgan fingerprint density at radius 2 is 1.72 bits per heavy atom. The molecule has 29 heavy (non-hydrogen) atoms. The van der Waals surface area contributed by atoms with E-state index in [0.29, 0.717) is 17.3 Å². The van der Waals surface area contributed by atoms with Crippen LogP contribution in [0.5, 0.6) is 0 Å². The Morgan fingerprint density at radius 3 is 2.31 bits per heavy atom. The smallest absolute Gasteiger partial charge is 0.335 e. The number of carbonyl (C=O) groups excluding carboxylic acids is 1.